The predicted octanol–water partition coefficient (Wildman–Crippen LogP) is 0.692. The maximum atomic E-state index is 11.8. The average molecular weight is 276 g/mol. The van der Waals surface area contributed by atoms with Crippen molar-refractivity contribution < 1.29 is 14.7 Å². The summed E-state index contributed by atoms with van der Waals surface area (Å²) >= 11 is 0. The van der Waals surface area contributed by atoms with Gasteiger partial charge < -0.3 is 15.7 Å². The van der Waals surface area contributed by atoms with Crippen molar-refractivity contribution in [2.45, 2.75) is 32.4 Å². The number of hydrogen-bond acceptors (Lipinski definition) is 3. The van der Waals surface area contributed by atoms with Gasteiger partial charge in [-0.1, -0.05) is 32.0 Å². The number of amides is 2. The monoisotopic (exact) mass is 276 g/mol. The van der Waals surface area contributed by atoms with E-state index < -0.39 is 0 Å². The van der Waals surface area contributed by atoms with Crippen molar-refractivity contribution in [3.8, 4) is 0 Å². The minimum absolute atomic E-state index is 0.0429. The molecule has 1 aliphatic carbocycles. The van der Waals surface area contributed by atoms with E-state index in [1.807, 2.05) is 19.9 Å². The van der Waals surface area contributed by atoms with Crippen molar-refractivity contribution in [2.24, 2.45) is 5.41 Å². The molecule has 0 aliphatic heterocycles. The molecule has 3 N–H and O–H groups in total. The molecule has 0 spiro atoms. The van der Waals surface area contributed by atoms with Gasteiger partial charge in [-0.05, 0) is 18.6 Å². The zero-order valence-electron chi connectivity index (χ0n) is 11.7. The van der Waals surface area contributed by atoms with E-state index in [0.717, 1.165) is 0 Å². The maximum Gasteiger partial charge on any atom is 0.251 e. The smallest absolute Gasteiger partial charge is 0.251 e. The molecule has 0 heterocycles. The molecular weight excluding hydrogens is 256 g/mol. The summed E-state index contributed by atoms with van der Waals surface area (Å²) in [6.07, 6.45) is 0.178. The van der Waals surface area contributed by atoms with Crippen molar-refractivity contribution in [3.05, 3.63) is 35.9 Å². The highest BCUT2D eigenvalue weighted by atomic mass is 16.3. The van der Waals surface area contributed by atoms with E-state index >= 15 is 0 Å². The van der Waals surface area contributed by atoms with Crippen LogP contribution in [0.2, 0.25) is 0 Å². The zero-order chi connectivity index (χ0) is 14.8. The number of hydrogen-bond donors (Lipinski definition) is 3. The van der Waals surface area contributed by atoms with Crippen LogP contribution in [0.5, 0.6) is 0 Å². The number of rotatable bonds is 4. The summed E-state index contributed by atoms with van der Waals surface area (Å²) < 4.78 is 0. The molecule has 0 radical (unpaired) electrons. The lowest BCUT2D eigenvalue weighted by atomic mass is 9.64. The van der Waals surface area contributed by atoms with Gasteiger partial charge >= 0.3 is 0 Å². The first-order valence-corrected chi connectivity index (χ1v) is 6.72. The van der Waals surface area contributed by atoms with Crippen LogP contribution in [0.1, 0.15) is 30.6 Å². The van der Waals surface area contributed by atoms with Gasteiger partial charge in [0.25, 0.3) is 5.91 Å². The van der Waals surface area contributed by atoms with Crippen molar-refractivity contribution in [2.75, 3.05) is 6.54 Å². The first-order valence-electron chi connectivity index (χ1n) is 6.72. The molecule has 0 aromatic heterocycles. The minimum Gasteiger partial charge on any atom is -0.392 e. The molecule has 2 atom stereocenters. The Hall–Kier alpha value is -1.88. The molecule has 2 rings (SSSR count). The largest absolute Gasteiger partial charge is 0.392 e. The Bertz CT molecular complexity index is 499. The Morgan fingerprint density at radius 2 is 1.95 bits per heavy atom. The highest BCUT2D eigenvalue weighted by molar-refractivity contribution is 5.96. The van der Waals surface area contributed by atoms with Crippen molar-refractivity contribution in [1.29, 1.82) is 0 Å². The standard InChI is InChI=1S/C15H20N2O3/c1-15(2)11(8-12(15)18)17-13(19)9-16-14(20)10-6-4-3-5-7-10/h3-7,11-12,18H,8-9H2,1-2H3,(H,16,20)(H,17,19). The summed E-state index contributed by atoms with van der Waals surface area (Å²) in [5.74, 6) is -0.507. The third kappa shape index (κ3) is 2.99. The fourth-order valence-corrected chi connectivity index (χ4v) is 2.24. The van der Waals surface area contributed by atoms with E-state index in [9.17, 15) is 14.7 Å². The second kappa shape index (κ2) is 5.63. The number of nitrogens with one attached hydrogen (secondary N) is 2. The molecule has 2 unspecified atom stereocenters. The Balaban J connectivity index is 1.78. The molecule has 1 aromatic rings. The minimum atomic E-state index is -0.383. The zero-order valence-corrected chi connectivity index (χ0v) is 11.7. The van der Waals surface area contributed by atoms with E-state index in [2.05, 4.69) is 10.6 Å². The summed E-state index contributed by atoms with van der Waals surface area (Å²) in [6.45, 7) is 3.76. The highest BCUT2D eigenvalue weighted by Crippen LogP contribution is 2.40. The van der Waals surface area contributed by atoms with Gasteiger partial charge in [0.1, 0.15) is 0 Å². The van der Waals surface area contributed by atoms with Gasteiger partial charge in [-0.15, -0.1) is 0 Å². The normalized spacial score (nSPS) is 23.6. The van der Waals surface area contributed by atoms with E-state index in [4.69, 9.17) is 0 Å². The van der Waals surface area contributed by atoms with Gasteiger partial charge in [0.15, 0.2) is 0 Å². The van der Waals surface area contributed by atoms with Crippen molar-refractivity contribution >= 4 is 11.8 Å². The number of aliphatic hydroxyl groups excluding tert-OH is 1. The van der Waals surface area contributed by atoms with Gasteiger partial charge in [0.2, 0.25) is 5.91 Å². The quantitative estimate of drug-likeness (QED) is 0.757. The molecule has 0 bridgehead atoms. The summed E-state index contributed by atoms with van der Waals surface area (Å²) in [7, 11) is 0. The molecular formula is C15H20N2O3. The highest BCUT2D eigenvalue weighted by Gasteiger charge is 2.47. The van der Waals surface area contributed by atoms with E-state index in [0.29, 0.717) is 12.0 Å². The number of carbonyl (C=O) groups excluding carboxylic acids is 2. The van der Waals surface area contributed by atoms with Crippen LogP contribution in [0.25, 0.3) is 0 Å². The van der Waals surface area contributed by atoms with Gasteiger partial charge in [-0.3, -0.25) is 9.59 Å². The Kier molecular flexibility index (Phi) is 4.09. The van der Waals surface area contributed by atoms with Crippen LogP contribution >= 0.6 is 0 Å². The molecule has 2 amide bonds. The topological polar surface area (TPSA) is 78.4 Å². The summed E-state index contributed by atoms with van der Waals surface area (Å²) in [5, 5.41) is 15.0. The number of aliphatic hydroxyl groups is 1. The fourth-order valence-electron chi connectivity index (χ4n) is 2.24. The van der Waals surface area contributed by atoms with Crippen LogP contribution in [0.3, 0.4) is 0 Å². The second-order valence-corrected chi connectivity index (χ2v) is 5.74. The molecule has 1 fully saturated rings. The molecule has 1 aromatic carbocycles. The van der Waals surface area contributed by atoms with Crippen LogP contribution in [0, 0.1) is 5.41 Å². The first-order chi connectivity index (χ1) is 9.41. The van der Waals surface area contributed by atoms with Crippen LogP contribution < -0.4 is 10.6 Å². The third-order valence-electron chi connectivity index (χ3n) is 4.00. The summed E-state index contributed by atoms with van der Waals surface area (Å²) in [5.41, 5.74) is 0.221. The SMILES string of the molecule is CC1(C)C(O)CC1NC(=O)CNC(=O)c1ccccc1. The summed E-state index contributed by atoms with van der Waals surface area (Å²) in [4.78, 5) is 23.5. The Morgan fingerprint density at radius 1 is 1.30 bits per heavy atom. The Labute approximate surface area is 118 Å². The lowest BCUT2D eigenvalue weighted by Crippen LogP contribution is -2.62. The molecule has 1 aliphatic rings. The lowest BCUT2D eigenvalue weighted by Gasteiger charge is -2.49. The first kappa shape index (κ1) is 14.5. The van der Waals surface area contributed by atoms with E-state index in [1.165, 1.54) is 0 Å². The van der Waals surface area contributed by atoms with Gasteiger partial charge in [-0.2, -0.15) is 0 Å². The average Bonchev–Trinajstić information content (AvgIpc) is 2.45. The van der Waals surface area contributed by atoms with Gasteiger partial charge in [-0.25, -0.2) is 0 Å². The molecule has 108 valence electrons. The van der Waals surface area contributed by atoms with Crippen molar-refractivity contribution in [1.82, 2.24) is 10.6 Å². The summed E-state index contributed by atoms with van der Waals surface area (Å²) in [6, 6.07) is 8.71. The van der Waals surface area contributed by atoms with E-state index in [1.54, 1.807) is 24.3 Å². The fraction of sp³-hybridized carbons (Fsp3) is 0.467. The van der Waals surface area contributed by atoms with Crippen LogP contribution in [0.4, 0.5) is 0 Å². The molecule has 1 saturated carbocycles. The second-order valence-electron chi connectivity index (χ2n) is 5.74. The number of carbonyl (C=O) groups is 2. The Morgan fingerprint density at radius 3 is 2.50 bits per heavy atom. The van der Waals surface area contributed by atoms with E-state index in [-0.39, 0.29) is 35.9 Å². The van der Waals surface area contributed by atoms with Crippen LogP contribution in [-0.4, -0.2) is 35.6 Å². The van der Waals surface area contributed by atoms with Crippen LogP contribution in [0.15, 0.2) is 30.3 Å². The molecule has 20 heavy (non-hydrogen) atoms. The number of benzene rings is 1. The van der Waals surface area contributed by atoms with Crippen LogP contribution in [-0.2, 0) is 4.79 Å². The van der Waals surface area contributed by atoms with Gasteiger partial charge in [0, 0.05) is 17.0 Å². The predicted molar refractivity (Wildman–Crippen MR) is 75.1 cm³/mol. The molecule has 5 heteroatoms. The van der Waals surface area contributed by atoms with Gasteiger partial charge in [0.05, 0.1) is 12.6 Å². The molecule has 0 saturated heterocycles. The lowest BCUT2D eigenvalue weighted by molar-refractivity contribution is -0.128. The maximum absolute atomic E-state index is 11.8. The van der Waals surface area contributed by atoms with Crippen molar-refractivity contribution in [3.63, 3.8) is 0 Å². The third-order valence-corrected chi connectivity index (χ3v) is 4.00. The molecule has 5 nitrogen and oxygen atoms in total.